The lowest BCUT2D eigenvalue weighted by molar-refractivity contribution is -0.194. The molecule has 2 N–H and O–H groups in total. The van der Waals surface area contributed by atoms with Gasteiger partial charge in [0.05, 0.1) is 5.41 Å². The minimum atomic E-state index is -4.37. The van der Waals surface area contributed by atoms with Crippen LogP contribution in [-0.4, -0.2) is 53.8 Å². The number of benzene rings is 1. The summed E-state index contributed by atoms with van der Waals surface area (Å²) in [6, 6.07) is 6.59. The number of amides is 1. The second kappa shape index (κ2) is 9.71. The average molecular weight is 464 g/mol. The minimum absolute atomic E-state index is 0.0308. The van der Waals surface area contributed by atoms with Gasteiger partial charge in [-0.3, -0.25) is 9.78 Å². The Labute approximate surface area is 193 Å². The number of nitrogens with zero attached hydrogens (tertiary/aromatic N) is 2. The first kappa shape index (κ1) is 25.0. The van der Waals surface area contributed by atoms with E-state index in [0.717, 1.165) is 16.7 Å². The van der Waals surface area contributed by atoms with Crippen LogP contribution < -0.4 is 5.32 Å². The Kier molecular flexibility index (Phi) is 7.36. The Hall–Kier alpha value is -2.61. The molecule has 1 aliphatic rings. The Morgan fingerprint density at radius 3 is 2.36 bits per heavy atom. The second-order valence-electron chi connectivity index (χ2n) is 9.38. The third kappa shape index (κ3) is 5.66. The van der Waals surface area contributed by atoms with Crippen molar-refractivity contribution in [1.29, 1.82) is 0 Å². The summed E-state index contributed by atoms with van der Waals surface area (Å²) in [5, 5.41) is 12.7. The van der Waals surface area contributed by atoms with E-state index in [4.69, 9.17) is 0 Å². The molecule has 1 amide bonds. The number of nitrogens with one attached hydrogen (secondary N) is 1. The van der Waals surface area contributed by atoms with Crippen molar-refractivity contribution in [3.63, 3.8) is 0 Å². The summed E-state index contributed by atoms with van der Waals surface area (Å²) >= 11 is 0. The van der Waals surface area contributed by atoms with E-state index in [1.54, 1.807) is 24.3 Å². The largest absolute Gasteiger partial charge is 0.508 e. The van der Waals surface area contributed by atoms with E-state index in [9.17, 15) is 23.1 Å². The Morgan fingerprint density at radius 2 is 1.88 bits per heavy atom. The molecule has 1 unspecified atom stereocenters. The Morgan fingerprint density at radius 1 is 1.24 bits per heavy atom. The van der Waals surface area contributed by atoms with Gasteiger partial charge >= 0.3 is 6.18 Å². The number of rotatable bonds is 9. The third-order valence-electron chi connectivity index (χ3n) is 6.88. The molecule has 0 bridgehead atoms. The number of carbonyl (C=O) groups excluding carboxylic acids is 1. The molecule has 1 aromatic heterocycles. The Balaban J connectivity index is 1.71. The van der Waals surface area contributed by atoms with Gasteiger partial charge in [0.2, 0.25) is 5.91 Å². The molecule has 0 spiro atoms. The zero-order valence-electron chi connectivity index (χ0n) is 19.5. The molecule has 8 heteroatoms. The average Bonchev–Trinajstić information content (AvgIpc) is 3.53. The van der Waals surface area contributed by atoms with Gasteiger partial charge in [0.1, 0.15) is 5.75 Å². The number of likely N-dealkylation sites (N-methyl/N-ethyl adjacent to an activating group) is 1. The maximum Gasteiger partial charge on any atom is 0.395 e. The highest BCUT2D eigenvalue weighted by atomic mass is 19.4. The lowest BCUT2D eigenvalue weighted by Crippen LogP contribution is -2.43. The first-order chi connectivity index (χ1) is 15.4. The van der Waals surface area contributed by atoms with Crippen molar-refractivity contribution in [3.8, 4) is 5.75 Å². The number of aromatic hydroxyl groups is 1. The number of aromatic nitrogens is 1. The van der Waals surface area contributed by atoms with Gasteiger partial charge in [-0.15, -0.1) is 0 Å². The second-order valence-corrected chi connectivity index (χ2v) is 9.38. The molecule has 3 rings (SSSR count). The molecule has 2 atom stereocenters. The van der Waals surface area contributed by atoms with Gasteiger partial charge in [-0.25, -0.2) is 0 Å². The number of phenolic OH excluding ortho intramolecular Hbond substituents is 1. The molecule has 180 valence electrons. The van der Waals surface area contributed by atoms with E-state index in [2.05, 4.69) is 10.3 Å². The number of aryl methyl sites for hydroxylation is 2. The van der Waals surface area contributed by atoms with Crippen molar-refractivity contribution < 1.29 is 23.1 Å². The Bertz CT molecular complexity index is 950. The fourth-order valence-electron chi connectivity index (χ4n) is 4.63. The highest BCUT2D eigenvalue weighted by Crippen LogP contribution is 2.66. The molecule has 33 heavy (non-hydrogen) atoms. The van der Waals surface area contributed by atoms with E-state index in [-0.39, 0.29) is 31.1 Å². The minimum Gasteiger partial charge on any atom is -0.508 e. The molecule has 0 radical (unpaired) electrons. The van der Waals surface area contributed by atoms with Crippen LogP contribution in [0.5, 0.6) is 5.75 Å². The van der Waals surface area contributed by atoms with Crippen molar-refractivity contribution >= 4 is 5.91 Å². The van der Waals surface area contributed by atoms with Gasteiger partial charge in [-0.2, -0.15) is 13.2 Å². The first-order valence-corrected chi connectivity index (χ1v) is 11.1. The highest BCUT2D eigenvalue weighted by Gasteiger charge is 2.67. The number of hydrogen-bond acceptors (Lipinski definition) is 4. The zero-order valence-corrected chi connectivity index (χ0v) is 19.5. The number of carbonyl (C=O) groups is 1. The van der Waals surface area contributed by atoms with Crippen LogP contribution in [0.1, 0.15) is 47.4 Å². The predicted octanol–water partition coefficient (Wildman–Crippen LogP) is 4.51. The van der Waals surface area contributed by atoms with Crippen LogP contribution in [0, 0.1) is 19.3 Å². The molecule has 1 aliphatic carbocycles. The fraction of sp³-hybridized carbons (Fsp3) is 0.520. The smallest absolute Gasteiger partial charge is 0.395 e. The molecule has 1 saturated carbocycles. The molecular weight excluding hydrogens is 431 g/mol. The summed E-state index contributed by atoms with van der Waals surface area (Å²) in [6.45, 7) is 4.17. The lowest BCUT2D eigenvalue weighted by Gasteiger charge is -2.30. The first-order valence-electron chi connectivity index (χ1n) is 11.1. The molecule has 2 aromatic rings. The van der Waals surface area contributed by atoms with Gasteiger partial charge < -0.3 is 15.3 Å². The van der Waals surface area contributed by atoms with E-state index < -0.39 is 23.4 Å². The number of alkyl halides is 3. The topological polar surface area (TPSA) is 65.5 Å². The summed E-state index contributed by atoms with van der Waals surface area (Å²) in [6.07, 6.45) is -0.947. The van der Waals surface area contributed by atoms with Crippen molar-refractivity contribution in [2.24, 2.45) is 5.41 Å². The van der Waals surface area contributed by atoms with E-state index in [1.807, 2.05) is 32.8 Å². The SMILES string of the molecule is Cc1cc(O)cc(C)c1C[C@@H](CNC(=O)CC(c1cccnc1)C1(C(F)(F)F)CC1)N(C)C. The van der Waals surface area contributed by atoms with E-state index in [0.29, 0.717) is 18.5 Å². The number of halogens is 3. The van der Waals surface area contributed by atoms with E-state index in [1.165, 1.54) is 12.4 Å². The van der Waals surface area contributed by atoms with Crippen LogP contribution in [0.3, 0.4) is 0 Å². The maximum absolute atomic E-state index is 13.9. The predicted molar refractivity (Wildman–Crippen MR) is 121 cm³/mol. The molecule has 1 fully saturated rings. The van der Waals surface area contributed by atoms with Gasteiger partial charge in [0.15, 0.2) is 0 Å². The normalized spacial score (nSPS) is 17.0. The molecular formula is C25H32F3N3O2. The van der Waals surface area contributed by atoms with Gasteiger partial charge in [0, 0.05) is 37.3 Å². The molecule has 0 aliphatic heterocycles. The molecule has 1 heterocycles. The summed E-state index contributed by atoms with van der Waals surface area (Å²) < 4.78 is 41.6. The van der Waals surface area contributed by atoms with Crippen LogP contribution in [0.2, 0.25) is 0 Å². The van der Waals surface area contributed by atoms with Crippen molar-refractivity contribution in [2.45, 2.75) is 57.7 Å². The van der Waals surface area contributed by atoms with Gasteiger partial charge in [0.25, 0.3) is 0 Å². The van der Waals surface area contributed by atoms with Crippen LogP contribution in [0.15, 0.2) is 36.7 Å². The zero-order chi connectivity index (χ0) is 24.4. The van der Waals surface area contributed by atoms with Crippen molar-refractivity contribution in [1.82, 2.24) is 15.2 Å². The number of hydrogen-bond donors (Lipinski definition) is 2. The summed E-state index contributed by atoms with van der Waals surface area (Å²) in [4.78, 5) is 18.8. The maximum atomic E-state index is 13.9. The van der Waals surface area contributed by atoms with Gasteiger partial charge in [-0.1, -0.05) is 6.07 Å². The number of phenols is 1. The fourth-order valence-corrected chi connectivity index (χ4v) is 4.63. The lowest BCUT2D eigenvalue weighted by atomic mass is 9.80. The van der Waals surface area contributed by atoms with Crippen molar-refractivity contribution in [2.75, 3.05) is 20.6 Å². The molecule has 1 aromatic carbocycles. The van der Waals surface area contributed by atoms with Crippen LogP contribution in [0.25, 0.3) is 0 Å². The number of pyridine rings is 1. The van der Waals surface area contributed by atoms with E-state index >= 15 is 0 Å². The molecule has 5 nitrogen and oxygen atoms in total. The van der Waals surface area contributed by atoms with Crippen molar-refractivity contribution in [3.05, 3.63) is 58.9 Å². The van der Waals surface area contributed by atoms with Crippen LogP contribution in [0.4, 0.5) is 13.2 Å². The molecule has 0 saturated heterocycles. The summed E-state index contributed by atoms with van der Waals surface area (Å²) in [7, 11) is 3.81. The monoisotopic (exact) mass is 463 g/mol. The standard InChI is InChI=1S/C25H32F3N3O2/c1-16-10-20(32)11-17(2)21(16)12-19(31(3)4)15-30-23(33)13-22(18-6-5-9-29-14-18)24(7-8-24)25(26,27)28/h5-6,9-11,14,19,22,32H,7-8,12-13,15H2,1-4H3,(H,30,33)/t19-,22?/m0/s1. The quantitative estimate of drug-likeness (QED) is 0.574. The highest BCUT2D eigenvalue weighted by molar-refractivity contribution is 5.77. The van der Waals surface area contributed by atoms with Crippen LogP contribution in [-0.2, 0) is 11.2 Å². The third-order valence-corrected chi connectivity index (χ3v) is 6.88. The van der Waals surface area contributed by atoms with Gasteiger partial charge in [-0.05, 0) is 87.7 Å². The summed E-state index contributed by atoms with van der Waals surface area (Å²) in [5.74, 6) is -1.14. The van der Waals surface area contributed by atoms with Crippen LogP contribution >= 0.6 is 0 Å². The summed E-state index contributed by atoms with van der Waals surface area (Å²) in [5.41, 5.74) is 1.60.